The van der Waals surface area contributed by atoms with Gasteiger partial charge < -0.3 is 5.11 Å². The van der Waals surface area contributed by atoms with Crippen LogP contribution in [0.3, 0.4) is 0 Å². The fraction of sp³-hybridized carbons (Fsp3) is 0.500. The summed E-state index contributed by atoms with van der Waals surface area (Å²) < 4.78 is 26.4. The molecule has 5 heteroatoms. The Morgan fingerprint density at radius 3 is 2.35 bits per heavy atom. The largest absolute Gasteiger partial charge is 0.396 e. The molecule has 0 unspecified atom stereocenters. The Balaban J connectivity index is 2.06. The Kier molecular flexibility index (Phi) is 3.25. The lowest BCUT2D eigenvalue weighted by molar-refractivity contribution is 0.213. The third-order valence-electron chi connectivity index (χ3n) is 3.26. The fourth-order valence-corrected chi connectivity index (χ4v) is 2.77. The van der Waals surface area contributed by atoms with Crippen molar-refractivity contribution in [3.8, 4) is 0 Å². The van der Waals surface area contributed by atoms with Crippen LogP contribution in [0, 0.1) is 12.3 Å². The number of rotatable bonds is 5. The number of hydrogen-bond acceptors (Lipinski definition) is 3. The van der Waals surface area contributed by atoms with Gasteiger partial charge in [-0.05, 0) is 31.9 Å². The van der Waals surface area contributed by atoms with E-state index in [0.717, 1.165) is 18.4 Å². The van der Waals surface area contributed by atoms with Crippen molar-refractivity contribution >= 4 is 10.0 Å². The predicted octanol–water partition coefficient (Wildman–Crippen LogP) is 1.05. The SMILES string of the molecule is Cc1ccc(S(=O)(=O)NCC2(CO)CC2)cc1. The first-order chi connectivity index (χ1) is 7.97. The third kappa shape index (κ3) is 2.86. The van der Waals surface area contributed by atoms with Crippen molar-refractivity contribution in [3.63, 3.8) is 0 Å². The van der Waals surface area contributed by atoms with Crippen LogP contribution in [0.25, 0.3) is 0 Å². The average Bonchev–Trinajstić information content (AvgIpc) is 3.08. The Morgan fingerprint density at radius 2 is 1.88 bits per heavy atom. The molecule has 0 spiro atoms. The summed E-state index contributed by atoms with van der Waals surface area (Å²) in [7, 11) is -3.44. The zero-order valence-electron chi connectivity index (χ0n) is 9.81. The summed E-state index contributed by atoms with van der Waals surface area (Å²) in [5, 5.41) is 9.13. The first-order valence-corrected chi connectivity index (χ1v) is 7.13. The molecule has 0 radical (unpaired) electrons. The van der Waals surface area contributed by atoms with E-state index in [9.17, 15) is 8.42 Å². The van der Waals surface area contributed by atoms with Gasteiger partial charge in [-0.15, -0.1) is 0 Å². The van der Waals surface area contributed by atoms with Crippen LogP contribution in [-0.2, 0) is 10.0 Å². The Hall–Kier alpha value is -0.910. The van der Waals surface area contributed by atoms with E-state index >= 15 is 0 Å². The van der Waals surface area contributed by atoms with Crippen molar-refractivity contribution < 1.29 is 13.5 Å². The second-order valence-electron chi connectivity index (χ2n) is 4.80. The zero-order chi connectivity index (χ0) is 12.5. The average molecular weight is 255 g/mol. The molecule has 0 amide bonds. The third-order valence-corrected chi connectivity index (χ3v) is 4.68. The predicted molar refractivity (Wildman–Crippen MR) is 65.1 cm³/mol. The van der Waals surface area contributed by atoms with Crippen molar-refractivity contribution in [1.29, 1.82) is 0 Å². The molecular weight excluding hydrogens is 238 g/mol. The monoisotopic (exact) mass is 255 g/mol. The maximum absolute atomic E-state index is 11.9. The van der Waals surface area contributed by atoms with Crippen LogP contribution < -0.4 is 4.72 Å². The lowest BCUT2D eigenvalue weighted by Crippen LogP contribution is -2.31. The maximum Gasteiger partial charge on any atom is 0.240 e. The Morgan fingerprint density at radius 1 is 1.29 bits per heavy atom. The summed E-state index contributed by atoms with van der Waals surface area (Å²) >= 11 is 0. The molecule has 1 aromatic rings. The van der Waals surface area contributed by atoms with Gasteiger partial charge in [0.1, 0.15) is 0 Å². The van der Waals surface area contributed by atoms with E-state index in [-0.39, 0.29) is 16.9 Å². The molecule has 1 aliphatic rings. The highest BCUT2D eigenvalue weighted by Crippen LogP contribution is 2.44. The summed E-state index contributed by atoms with van der Waals surface area (Å²) in [6.07, 6.45) is 1.78. The molecule has 1 aliphatic carbocycles. The lowest BCUT2D eigenvalue weighted by atomic mass is 10.1. The quantitative estimate of drug-likeness (QED) is 0.826. The standard InChI is InChI=1S/C12H17NO3S/c1-10-2-4-11(5-3-10)17(15,16)13-8-12(9-14)6-7-12/h2-5,13-14H,6-9H2,1H3. The smallest absolute Gasteiger partial charge is 0.240 e. The van der Waals surface area contributed by atoms with Crippen molar-refractivity contribution in [1.82, 2.24) is 4.72 Å². The molecule has 1 fully saturated rings. The van der Waals surface area contributed by atoms with E-state index in [1.54, 1.807) is 24.3 Å². The lowest BCUT2D eigenvalue weighted by Gasteiger charge is -2.13. The highest BCUT2D eigenvalue weighted by molar-refractivity contribution is 7.89. The van der Waals surface area contributed by atoms with Crippen LogP contribution in [0.1, 0.15) is 18.4 Å². The molecule has 1 saturated carbocycles. The van der Waals surface area contributed by atoms with Crippen molar-refractivity contribution in [2.24, 2.45) is 5.41 Å². The molecule has 17 heavy (non-hydrogen) atoms. The summed E-state index contributed by atoms with van der Waals surface area (Å²) in [5.74, 6) is 0. The van der Waals surface area contributed by atoms with Crippen LogP contribution in [-0.4, -0.2) is 26.7 Å². The van der Waals surface area contributed by atoms with Crippen LogP contribution >= 0.6 is 0 Å². The van der Waals surface area contributed by atoms with Gasteiger partial charge >= 0.3 is 0 Å². The second kappa shape index (κ2) is 4.40. The molecule has 0 aromatic heterocycles. The topological polar surface area (TPSA) is 66.4 Å². The minimum Gasteiger partial charge on any atom is -0.396 e. The number of sulfonamides is 1. The Labute approximate surface area is 102 Å². The fourth-order valence-electron chi connectivity index (χ4n) is 1.62. The van der Waals surface area contributed by atoms with Gasteiger partial charge in [-0.3, -0.25) is 0 Å². The van der Waals surface area contributed by atoms with Gasteiger partial charge in [-0.1, -0.05) is 17.7 Å². The van der Waals surface area contributed by atoms with Gasteiger partial charge in [-0.2, -0.15) is 0 Å². The first-order valence-electron chi connectivity index (χ1n) is 5.65. The van der Waals surface area contributed by atoms with Gasteiger partial charge in [0.15, 0.2) is 0 Å². The molecular formula is C12H17NO3S. The highest BCUT2D eigenvalue weighted by atomic mass is 32.2. The van der Waals surface area contributed by atoms with E-state index in [1.807, 2.05) is 6.92 Å². The van der Waals surface area contributed by atoms with Crippen LogP contribution in [0.4, 0.5) is 0 Å². The van der Waals surface area contributed by atoms with Crippen molar-refractivity contribution in [2.45, 2.75) is 24.7 Å². The van der Waals surface area contributed by atoms with Crippen molar-refractivity contribution in [3.05, 3.63) is 29.8 Å². The first kappa shape index (κ1) is 12.5. The van der Waals surface area contributed by atoms with Gasteiger partial charge in [0.2, 0.25) is 10.0 Å². The summed E-state index contributed by atoms with van der Waals surface area (Å²) in [5.41, 5.74) is 0.815. The molecule has 1 aromatic carbocycles. The van der Waals surface area contributed by atoms with Crippen LogP contribution in [0.15, 0.2) is 29.2 Å². The summed E-state index contributed by atoms with van der Waals surface area (Å²) in [6.45, 7) is 2.28. The van der Waals surface area contributed by atoms with Crippen molar-refractivity contribution in [2.75, 3.05) is 13.2 Å². The highest BCUT2D eigenvalue weighted by Gasteiger charge is 2.42. The van der Waals surface area contributed by atoms with E-state index in [4.69, 9.17) is 5.11 Å². The van der Waals surface area contributed by atoms with E-state index in [1.165, 1.54) is 0 Å². The number of aliphatic hydroxyl groups excluding tert-OH is 1. The molecule has 0 aliphatic heterocycles. The maximum atomic E-state index is 11.9. The summed E-state index contributed by atoms with van der Waals surface area (Å²) in [6, 6.07) is 6.73. The molecule has 0 heterocycles. The van der Waals surface area contributed by atoms with Gasteiger partial charge in [0.25, 0.3) is 0 Å². The second-order valence-corrected chi connectivity index (χ2v) is 6.56. The number of nitrogens with one attached hydrogen (secondary N) is 1. The molecule has 0 saturated heterocycles. The van der Waals surface area contributed by atoms with E-state index in [2.05, 4.69) is 4.72 Å². The van der Waals surface area contributed by atoms with Crippen LogP contribution in [0.2, 0.25) is 0 Å². The van der Waals surface area contributed by atoms with Gasteiger partial charge in [0.05, 0.1) is 4.90 Å². The summed E-state index contributed by atoms with van der Waals surface area (Å²) in [4.78, 5) is 0.275. The number of aliphatic hydroxyl groups is 1. The normalized spacial score (nSPS) is 18.0. The number of hydrogen-bond donors (Lipinski definition) is 2. The molecule has 4 nitrogen and oxygen atoms in total. The van der Waals surface area contributed by atoms with Crippen LogP contribution in [0.5, 0.6) is 0 Å². The van der Waals surface area contributed by atoms with E-state index in [0.29, 0.717) is 6.54 Å². The minimum atomic E-state index is -3.44. The number of benzene rings is 1. The Bertz CT molecular complexity index is 489. The molecule has 2 N–H and O–H groups in total. The molecule has 0 bridgehead atoms. The van der Waals surface area contributed by atoms with Gasteiger partial charge in [-0.25, -0.2) is 13.1 Å². The number of aryl methyl sites for hydroxylation is 1. The zero-order valence-corrected chi connectivity index (χ0v) is 10.6. The molecule has 94 valence electrons. The molecule has 2 rings (SSSR count). The van der Waals surface area contributed by atoms with Gasteiger partial charge in [0, 0.05) is 18.6 Å². The minimum absolute atomic E-state index is 0.0451. The molecule has 0 atom stereocenters. The van der Waals surface area contributed by atoms with E-state index < -0.39 is 10.0 Å².